The molecule has 1 fully saturated rings. The van der Waals surface area contributed by atoms with E-state index in [1.165, 1.54) is 0 Å². The zero-order chi connectivity index (χ0) is 8.39. The number of hydrogen-bond donors (Lipinski definition) is 1. The highest BCUT2D eigenvalue weighted by molar-refractivity contribution is 7.99. The highest BCUT2D eigenvalue weighted by Gasteiger charge is 2.26. The third-order valence-corrected chi connectivity index (χ3v) is 3.39. The maximum absolute atomic E-state index is 9.52. The first-order chi connectivity index (χ1) is 5.86. The van der Waals surface area contributed by atoms with Crippen LogP contribution in [0.1, 0.15) is 5.56 Å². The second-order valence-corrected chi connectivity index (χ2v) is 4.18. The van der Waals surface area contributed by atoms with E-state index < -0.39 is 0 Å². The van der Waals surface area contributed by atoms with E-state index in [9.17, 15) is 5.11 Å². The molecular formula is C8H11NO2S. The first-order valence-corrected chi connectivity index (χ1v) is 5.16. The number of thioether (sulfide) groups is 1. The van der Waals surface area contributed by atoms with Crippen molar-refractivity contribution in [2.45, 2.75) is 12.5 Å². The molecule has 0 aromatic carbocycles. The minimum atomic E-state index is -0.148. The molecule has 1 N–H and O–H groups in total. The third-order valence-electron chi connectivity index (χ3n) is 2.15. The molecule has 0 spiro atoms. The minimum absolute atomic E-state index is 0.148. The van der Waals surface area contributed by atoms with E-state index in [0.717, 1.165) is 23.5 Å². The van der Waals surface area contributed by atoms with Gasteiger partial charge in [0.15, 0.2) is 0 Å². The fraction of sp³-hybridized carbons (Fsp3) is 0.625. The van der Waals surface area contributed by atoms with Crippen LogP contribution in [0.25, 0.3) is 0 Å². The summed E-state index contributed by atoms with van der Waals surface area (Å²) in [6.45, 7) is 0. The fourth-order valence-electron chi connectivity index (χ4n) is 1.41. The molecule has 1 aromatic heterocycles. The lowest BCUT2D eigenvalue weighted by Gasteiger charge is -2.10. The quantitative estimate of drug-likeness (QED) is 0.745. The van der Waals surface area contributed by atoms with Crippen molar-refractivity contribution < 1.29 is 9.63 Å². The van der Waals surface area contributed by atoms with Gasteiger partial charge >= 0.3 is 0 Å². The van der Waals surface area contributed by atoms with E-state index in [0.29, 0.717) is 5.92 Å². The van der Waals surface area contributed by atoms with Gasteiger partial charge in [-0.05, 0) is 18.1 Å². The van der Waals surface area contributed by atoms with E-state index in [1.807, 2.05) is 11.8 Å². The molecule has 66 valence electrons. The number of hydrogen-bond acceptors (Lipinski definition) is 4. The van der Waals surface area contributed by atoms with Crippen molar-refractivity contribution in [1.29, 1.82) is 0 Å². The van der Waals surface area contributed by atoms with Crippen LogP contribution in [0.2, 0.25) is 0 Å². The van der Waals surface area contributed by atoms with Gasteiger partial charge in [-0.25, -0.2) is 0 Å². The van der Waals surface area contributed by atoms with Crippen LogP contribution in [0.5, 0.6) is 0 Å². The van der Waals surface area contributed by atoms with Gasteiger partial charge in [0.25, 0.3) is 0 Å². The van der Waals surface area contributed by atoms with Crippen LogP contribution in [0.15, 0.2) is 17.0 Å². The van der Waals surface area contributed by atoms with Gasteiger partial charge in [-0.2, -0.15) is 11.8 Å². The van der Waals surface area contributed by atoms with Crippen LogP contribution in [0.4, 0.5) is 0 Å². The zero-order valence-corrected chi connectivity index (χ0v) is 7.46. The van der Waals surface area contributed by atoms with E-state index in [4.69, 9.17) is 4.52 Å². The smallest absolute Gasteiger partial charge is 0.126 e. The summed E-state index contributed by atoms with van der Waals surface area (Å²) in [7, 11) is 0. The highest BCUT2D eigenvalue weighted by Crippen LogP contribution is 2.26. The molecule has 1 aliphatic rings. The second-order valence-electron chi connectivity index (χ2n) is 3.10. The molecule has 3 nitrogen and oxygen atoms in total. The number of rotatable bonds is 2. The molecule has 1 saturated heterocycles. The molecule has 2 rings (SSSR count). The maximum atomic E-state index is 9.52. The molecule has 0 amide bonds. The minimum Gasteiger partial charge on any atom is -0.392 e. The SMILES string of the molecule is OC1CSCC1Cc1cnoc1. The van der Waals surface area contributed by atoms with E-state index in [2.05, 4.69) is 5.16 Å². The number of aliphatic hydroxyl groups excluding tert-OH is 1. The molecule has 1 aromatic rings. The van der Waals surface area contributed by atoms with Gasteiger partial charge in [-0.1, -0.05) is 5.16 Å². The van der Waals surface area contributed by atoms with Crippen molar-refractivity contribution >= 4 is 11.8 Å². The molecule has 2 atom stereocenters. The topological polar surface area (TPSA) is 46.3 Å². The van der Waals surface area contributed by atoms with Crippen molar-refractivity contribution in [3.05, 3.63) is 18.0 Å². The van der Waals surface area contributed by atoms with Crippen LogP contribution in [0.3, 0.4) is 0 Å². The summed E-state index contributed by atoms with van der Waals surface area (Å²) in [5, 5.41) is 13.1. The van der Waals surface area contributed by atoms with Gasteiger partial charge in [-0.3, -0.25) is 0 Å². The molecule has 0 bridgehead atoms. The molecular weight excluding hydrogens is 174 g/mol. The van der Waals surface area contributed by atoms with Gasteiger partial charge in [0.2, 0.25) is 0 Å². The second kappa shape index (κ2) is 3.49. The molecule has 0 aliphatic carbocycles. The van der Waals surface area contributed by atoms with E-state index in [1.54, 1.807) is 12.5 Å². The predicted octanol–water partition coefficient (Wildman–Crippen LogP) is 0.941. The Morgan fingerprint density at radius 2 is 2.58 bits per heavy atom. The Morgan fingerprint density at radius 1 is 1.67 bits per heavy atom. The van der Waals surface area contributed by atoms with E-state index >= 15 is 0 Å². The predicted molar refractivity (Wildman–Crippen MR) is 47.0 cm³/mol. The van der Waals surface area contributed by atoms with E-state index in [-0.39, 0.29) is 6.10 Å². The number of nitrogens with zero attached hydrogens (tertiary/aromatic N) is 1. The maximum Gasteiger partial charge on any atom is 0.126 e. The molecule has 12 heavy (non-hydrogen) atoms. The summed E-state index contributed by atoms with van der Waals surface area (Å²) in [4.78, 5) is 0. The lowest BCUT2D eigenvalue weighted by Crippen LogP contribution is -2.19. The first-order valence-electron chi connectivity index (χ1n) is 4.00. The summed E-state index contributed by atoms with van der Waals surface area (Å²) in [5.74, 6) is 2.30. The van der Waals surface area contributed by atoms with Crippen LogP contribution < -0.4 is 0 Å². The largest absolute Gasteiger partial charge is 0.392 e. The summed E-state index contributed by atoms with van der Waals surface area (Å²) in [6, 6.07) is 0. The lowest BCUT2D eigenvalue weighted by molar-refractivity contribution is 0.150. The van der Waals surface area contributed by atoms with Crippen molar-refractivity contribution in [3.63, 3.8) is 0 Å². The molecule has 0 radical (unpaired) electrons. The monoisotopic (exact) mass is 185 g/mol. The van der Waals surface area contributed by atoms with Crippen LogP contribution in [-0.2, 0) is 6.42 Å². The Labute approximate surface area is 75.1 Å². The Kier molecular flexibility index (Phi) is 2.37. The molecule has 2 unspecified atom stereocenters. The number of aromatic nitrogens is 1. The van der Waals surface area contributed by atoms with Crippen LogP contribution in [-0.4, -0.2) is 27.9 Å². The molecule has 0 saturated carbocycles. The highest BCUT2D eigenvalue weighted by atomic mass is 32.2. The standard InChI is InChI=1S/C8H11NO2S/c10-8-5-12-4-7(8)1-6-2-9-11-3-6/h2-3,7-8,10H,1,4-5H2. The Balaban J connectivity index is 1.95. The third kappa shape index (κ3) is 1.64. The Hall–Kier alpha value is -0.480. The fourth-order valence-corrected chi connectivity index (χ4v) is 2.71. The van der Waals surface area contributed by atoms with Crippen molar-refractivity contribution in [1.82, 2.24) is 5.16 Å². The summed E-state index contributed by atoms with van der Waals surface area (Å²) in [5.41, 5.74) is 1.08. The van der Waals surface area contributed by atoms with Crippen molar-refractivity contribution in [3.8, 4) is 0 Å². The van der Waals surface area contributed by atoms with Gasteiger partial charge in [-0.15, -0.1) is 0 Å². The summed E-state index contributed by atoms with van der Waals surface area (Å²) in [6.07, 6.45) is 4.10. The molecule has 2 heterocycles. The molecule has 4 heteroatoms. The summed E-state index contributed by atoms with van der Waals surface area (Å²) < 4.78 is 4.72. The lowest BCUT2D eigenvalue weighted by atomic mass is 9.99. The summed E-state index contributed by atoms with van der Waals surface area (Å²) >= 11 is 1.81. The van der Waals surface area contributed by atoms with Crippen molar-refractivity contribution in [2.75, 3.05) is 11.5 Å². The zero-order valence-electron chi connectivity index (χ0n) is 6.64. The van der Waals surface area contributed by atoms with Crippen LogP contribution >= 0.6 is 11.8 Å². The van der Waals surface area contributed by atoms with Crippen molar-refractivity contribution in [2.24, 2.45) is 5.92 Å². The van der Waals surface area contributed by atoms with Crippen LogP contribution in [0, 0.1) is 5.92 Å². The average molecular weight is 185 g/mol. The normalized spacial score (nSPS) is 29.4. The Morgan fingerprint density at radius 3 is 3.17 bits per heavy atom. The Bertz CT molecular complexity index is 237. The first kappa shape index (κ1) is 8.13. The molecule has 1 aliphatic heterocycles. The van der Waals surface area contributed by atoms with Gasteiger partial charge < -0.3 is 9.63 Å². The number of aliphatic hydroxyl groups is 1. The average Bonchev–Trinajstić information content (AvgIpc) is 2.65. The van der Waals surface area contributed by atoms with Gasteiger partial charge in [0.1, 0.15) is 6.26 Å². The van der Waals surface area contributed by atoms with Gasteiger partial charge in [0.05, 0.1) is 12.3 Å². The van der Waals surface area contributed by atoms with Gasteiger partial charge in [0, 0.05) is 11.3 Å².